The predicted octanol–water partition coefficient (Wildman–Crippen LogP) is 14.2. The number of rotatable bonds is 4. The van der Waals surface area contributed by atoms with Crippen LogP contribution >= 0.6 is 0 Å². The van der Waals surface area contributed by atoms with Crippen molar-refractivity contribution in [2.24, 2.45) is 0 Å². The molecule has 0 spiro atoms. The fraction of sp³-hybridized carbons (Fsp3) is 0. The molecule has 0 aliphatic carbocycles. The Morgan fingerprint density at radius 1 is 0.263 bits per heavy atom. The van der Waals surface area contributed by atoms with Gasteiger partial charge in [0.05, 0.1) is 0 Å². The fourth-order valence-electron chi connectivity index (χ4n) is 8.22. The van der Waals surface area contributed by atoms with Gasteiger partial charge in [0.15, 0.2) is 17.5 Å². The molecule has 4 nitrogen and oxygen atoms in total. The van der Waals surface area contributed by atoms with E-state index in [9.17, 15) is 0 Å². The van der Waals surface area contributed by atoms with Crippen molar-refractivity contribution in [2.75, 3.05) is 0 Å². The lowest BCUT2D eigenvalue weighted by atomic mass is 9.94. The van der Waals surface area contributed by atoms with Crippen LogP contribution in [0.5, 0.6) is 0 Å². The monoisotopic (exact) mass is 727 g/mol. The van der Waals surface area contributed by atoms with Crippen molar-refractivity contribution in [3.63, 3.8) is 0 Å². The van der Waals surface area contributed by atoms with Gasteiger partial charge in [0.2, 0.25) is 0 Å². The number of aromatic nitrogens is 3. The lowest BCUT2D eigenvalue weighted by Crippen LogP contribution is -2.00. The Kier molecular flexibility index (Phi) is 7.78. The van der Waals surface area contributed by atoms with E-state index in [1.807, 2.05) is 42.5 Å². The zero-order valence-corrected chi connectivity index (χ0v) is 30.8. The summed E-state index contributed by atoms with van der Waals surface area (Å²) in [7, 11) is 0. The zero-order chi connectivity index (χ0) is 37.7. The van der Waals surface area contributed by atoms with Gasteiger partial charge >= 0.3 is 0 Å². The zero-order valence-electron chi connectivity index (χ0n) is 30.8. The molecule has 0 unspecified atom stereocenters. The number of hydrogen-bond donors (Lipinski definition) is 0. The van der Waals surface area contributed by atoms with Gasteiger partial charge in [-0.25, -0.2) is 15.0 Å². The molecule has 11 rings (SSSR count). The first-order valence-electron chi connectivity index (χ1n) is 19.2. The van der Waals surface area contributed by atoms with Crippen LogP contribution < -0.4 is 0 Å². The van der Waals surface area contributed by atoms with E-state index in [2.05, 4.69) is 158 Å². The highest BCUT2D eigenvalue weighted by atomic mass is 16.3. The summed E-state index contributed by atoms with van der Waals surface area (Å²) in [5, 5.41) is 11.3. The molecule has 0 fully saturated rings. The number of nitrogens with zero attached hydrogens (tertiary/aromatic N) is 3. The summed E-state index contributed by atoms with van der Waals surface area (Å²) in [5.74, 6) is 1.85. The van der Waals surface area contributed by atoms with E-state index >= 15 is 0 Å². The van der Waals surface area contributed by atoms with Gasteiger partial charge in [-0.05, 0) is 79.2 Å². The van der Waals surface area contributed by atoms with Gasteiger partial charge in [0.1, 0.15) is 11.2 Å². The molecule has 2 aromatic heterocycles. The highest BCUT2D eigenvalue weighted by Crippen LogP contribution is 2.41. The SMILES string of the molecule is c1ccc(-c2cccc(-c3nc(-c4ccccc4)nc(-c4ccc5ccc6ccccc6c6ccccc6c6c(ccc7oc8ccccc8c76)c5c4)n3)c2)cc1. The molecule has 0 saturated heterocycles. The van der Waals surface area contributed by atoms with Gasteiger partial charge in [-0.3, -0.25) is 0 Å². The van der Waals surface area contributed by atoms with Crippen molar-refractivity contribution in [1.82, 2.24) is 15.0 Å². The van der Waals surface area contributed by atoms with Gasteiger partial charge in [0.25, 0.3) is 0 Å². The highest BCUT2D eigenvalue weighted by Gasteiger charge is 2.17. The number of benzene rings is 8. The van der Waals surface area contributed by atoms with Crippen LogP contribution in [0.2, 0.25) is 0 Å². The fourth-order valence-corrected chi connectivity index (χ4v) is 8.22. The molecule has 4 heteroatoms. The minimum Gasteiger partial charge on any atom is -0.456 e. The van der Waals surface area contributed by atoms with E-state index in [0.717, 1.165) is 82.1 Å². The average molecular weight is 728 g/mol. The van der Waals surface area contributed by atoms with Crippen LogP contribution in [0.3, 0.4) is 0 Å². The number of fused-ring (bicyclic) bond motifs is 11. The summed E-state index contributed by atoms with van der Waals surface area (Å²) < 4.78 is 6.52. The summed E-state index contributed by atoms with van der Waals surface area (Å²) in [6, 6.07) is 70.1. The molecule has 266 valence electrons. The largest absolute Gasteiger partial charge is 0.456 e. The van der Waals surface area contributed by atoms with E-state index in [1.165, 1.54) is 10.8 Å². The summed E-state index contributed by atoms with van der Waals surface area (Å²) in [6.45, 7) is 0. The summed E-state index contributed by atoms with van der Waals surface area (Å²) in [5.41, 5.74) is 6.72. The third-order valence-electron chi connectivity index (χ3n) is 10.9. The summed E-state index contributed by atoms with van der Waals surface area (Å²) in [4.78, 5) is 15.4. The number of para-hydroxylation sites is 1. The van der Waals surface area contributed by atoms with Gasteiger partial charge < -0.3 is 4.42 Å². The lowest BCUT2D eigenvalue weighted by Gasteiger charge is -2.11. The summed E-state index contributed by atoms with van der Waals surface area (Å²) >= 11 is 0. The maximum atomic E-state index is 6.52. The first-order valence-corrected chi connectivity index (χ1v) is 19.2. The van der Waals surface area contributed by atoms with E-state index < -0.39 is 0 Å². The minimum atomic E-state index is 0.606. The molecular formula is C53H33N3O. The van der Waals surface area contributed by atoms with Crippen LogP contribution in [0.15, 0.2) is 205 Å². The Morgan fingerprint density at radius 2 is 0.789 bits per heavy atom. The number of furan rings is 1. The van der Waals surface area contributed by atoms with Gasteiger partial charge in [-0.1, -0.05) is 170 Å². The van der Waals surface area contributed by atoms with Crippen molar-refractivity contribution in [3.05, 3.63) is 200 Å². The maximum absolute atomic E-state index is 6.52. The standard InChI is InChI=1S/C53H33N3O/c1-3-14-34(15-4-1)38-19-13-20-39(32-38)52-54-51(37-17-5-2-6-18-37)55-53(56-52)40-29-28-36-27-26-35-16-7-8-21-41(35)42-22-9-10-23-43(42)49-44(46(36)33-40)30-31-48-50(49)45-24-11-12-25-47(45)57-48/h1-33H. The molecule has 0 aliphatic rings. The molecule has 0 radical (unpaired) electrons. The molecule has 0 bridgehead atoms. The quantitative estimate of drug-likeness (QED) is 0.181. The predicted molar refractivity (Wildman–Crippen MR) is 237 cm³/mol. The van der Waals surface area contributed by atoms with Crippen LogP contribution in [0, 0.1) is 0 Å². The van der Waals surface area contributed by atoms with Gasteiger partial charge in [0, 0.05) is 32.8 Å². The number of hydrogen-bond acceptors (Lipinski definition) is 4. The molecule has 0 N–H and O–H groups in total. The van der Waals surface area contributed by atoms with Crippen molar-refractivity contribution in [2.45, 2.75) is 0 Å². The first kappa shape index (κ1) is 32.7. The van der Waals surface area contributed by atoms with Crippen molar-refractivity contribution >= 4 is 65.0 Å². The average Bonchev–Trinajstić information content (AvgIpc) is 3.67. The van der Waals surface area contributed by atoms with E-state index in [1.54, 1.807) is 0 Å². The Morgan fingerprint density at radius 3 is 1.56 bits per heavy atom. The van der Waals surface area contributed by atoms with E-state index in [4.69, 9.17) is 19.4 Å². The molecule has 0 saturated carbocycles. The second-order valence-corrected chi connectivity index (χ2v) is 14.3. The molecule has 11 aromatic rings. The smallest absolute Gasteiger partial charge is 0.164 e. The van der Waals surface area contributed by atoms with E-state index in [0.29, 0.717) is 17.5 Å². The Balaban J connectivity index is 1.24. The molecule has 9 aromatic carbocycles. The van der Waals surface area contributed by atoms with E-state index in [-0.39, 0.29) is 0 Å². The maximum Gasteiger partial charge on any atom is 0.164 e. The summed E-state index contributed by atoms with van der Waals surface area (Å²) in [6.07, 6.45) is 0. The molecule has 2 heterocycles. The Labute approximate surface area is 328 Å². The van der Waals surface area contributed by atoms with Gasteiger partial charge in [-0.2, -0.15) is 0 Å². The van der Waals surface area contributed by atoms with Crippen molar-refractivity contribution in [1.29, 1.82) is 0 Å². The third kappa shape index (κ3) is 5.74. The first-order chi connectivity index (χ1) is 28.2. The molecule has 57 heavy (non-hydrogen) atoms. The third-order valence-corrected chi connectivity index (χ3v) is 10.9. The van der Waals surface area contributed by atoms with Gasteiger partial charge in [-0.15, -0.1) is 0 Å². The van der Waals surface area contributed by atoms with Crippen LogP contribution in [0.25, 0.3) is 110 Å². The Bertz CT molecular complexity index is 3410. The molecular weight excluding hydrogens is 695 g/mol. The highest BCUT2D eigenvalue weighted by molar-refractivity contribution is 6.31. The van der Waals surface area contributed by atoms with Crippen LogP contribution in [0.1, 0.15) is 0 Å². The second-order valence-electron chi connectivity index (χ2n) is 14.3. The minimum absolute atomic E-state index is 0.606. The molecule has 0 amide bonds. The van der Waals surface area contributed by atoms with Crippen molar-refractivity contribution in [3.8, 4) is 45.3 Å². The topological polar surface area (TPSA) is 51.8 Å². The molecule has 0 atom stereocenters. The lowest BCUT2D eigenvalue weighted by molar-refractivity contribution is 0.669. The van der Waals surface area contributed by atoms with Crippen LogP contribution in [0.4, 0.5) is 0 Å². The van der Waals surface area contributed by atoms with Crippen LogP contribution in [-0.4, -0.2) is 15.0 Å². The Hall–Kier alpha value is -7.69. The second kappa shape index (κ2) is 13.6. The van der Waals surface area contributed by atoms with Crippen molar-refractivity contribution < 1.29 is 4.42 Å². The van der Waals surface area contributed by atoms with Crippen LogP contribution in [-0.2, 0) is 0 Å². The molecule has 0 aliphatic heterocycles. The normalized spacial score (nSPS) is 11.5.